The van der Waals surface area contributed by atoms with Crippen molar-refractivity contribution in [3.63, 3.8) is 0 Å². The van der Waals surface area contributed by atoms with Gasteiger partial charge >= 0.3 is 5.97 Å². The average molecular weight is 423 g/mol. The maximum Gasteiger partial charge on any atom is 0.307 e. The third kappa shape index (κ3) is 7.36. The summed E-state index contributed by atoms with van der Waals surface area (Å²) in [5.41, 5.74) is 2.68. The lowest BCUT2D eigenvalue weighted by molar-refractivity contribution is -0.142. The van der Waals surface area contributed by atoms with E-state index in [0.29, 0.717) is 34.8 Å². The lowest BCUT2D eigenvalue weighted by atomic mass is 10.1. The van der Waals surface area contributed by atoms with Gasteiger partial charge in [-0.15, -0.1) is 0 Å². The fourth-order valence-electron chi connectivity index (χ4n) is 2.66. The van der Waals surface area contributed by atoms with Gasteiger partial charge < -0.3 is 26.0 Å². The first-order chi connectivity index (χ1) is 15.0. The highest BCUT2D eigenvalue weighted by Gasteiger charge is 2.12. The largest absolute Gasteiger partial charge is 0.466 e. The number of hydrogen-bond donors (Lipinski definition) is 4. The summed E-state index contributed by atoms with van der Waals surface area (Å²) in [5, 5.41) is 20.2. The molecule has 2 amide bonds. The van der Waals surface area contributed by atoms with Gasteiger partial charge in [0.15, 0.2) is 0 Å². The Bertz CT molecular complexity index is 967. The maximum absolute atomic E-state index is 12.4. The summed E-state index contributed by atoms with van der Waals surface area (Å²) in [6, 6.07) is 13.6. The predicted molar refractivity (Wildman–Crippen MR) is 118 cm³/mol. The van der Waals surface area contributed by atoms with E-state index in [9.17, 15) is 14.4 Å². The van der Waals surface area contributed by atoms with Crippen LogP contribution in [0.25, 0.3) is 0 Å². The van der Waals surface area contributed by atoms with Crippen molar-refractivity contribution >= 4 is 34.8 Å². The lowest BCUT2D eigenvalue weighted by Crippen LogP contribution is -2.27. The van der Waals surface area contributed by atoms with Gasteiger partial charge in [-0.2, -0.15) is 5.26 Å². The molecule has 0 radical (unpaired) electrons. The summed E-state index contributed by atoms with van der Waals surface area (Å²) in [7, 11) is 1.71. The monoisotopic (exact) mass is 423 g/mol. The van der Waals surface area contributed by atoms with Crippen LogP contribution in [0.3, 0.4) is 0 Å². The molecule has 0 aliphatic heterocycles. The second-order valence-electron chi connectivity index (χ2n) is 6.41. The molecule has 2 aromatic carbocycles. The van der Waals surface area contributed by atoms with E-state index in [1.54, 1.807) is 56.4 Å². The van der Waals surface area contributed by atoms with Gasteiger partial charge in [-0.25, -0.2) is 0 Å². The average Bonchev–Trinajstić information content (AvgIpc) is 2.78. The first-order valence-electron chi connectivity index (χ1n) is 9.76. The molecule has 0 aliphatic rings. The molecule has 2 aromatic rings. The Kier molecular flexibility index (Phi) is 8.86. The van der Waals surface area contributed by atoms with Crippen molar-refractivity contribution in [2.75, 3.05) is 42.7 Å². The van der Waals surface area contributed by atoms with Crippen molar-refractivity contribution in [2.24, 2.45) is 0 Å². The highest BCUT2D eigenvalue weighted by atomic mass is 16.5. The molecule has 162 valence electrons. The molecule has 0 saturated carbocycles. The Morgan fingerprint density at radius 1 is 1.06 bits per heavy atom. The minimum atomic E-state index is -0.379. The van der Waals surface area contributed by atoms with Crippen molar-refractivity contribution in [2.45, 2.75) is 13.3 Å². The van der Waals surface area contributed by atoms with Crippen molar-refractivity contribution in [1.29, 1.82) is 5.26 Å². The third-order valence-electron chi connectivity index (χ3n) is 4.21. The van der Waals surface area contributed by atoms with E-state index < -0.39 is 0 Å². The summed E-state index contributed by atoms with van der Waals surface area (Å²) < 4.78 is 4.82. The number of rotatable bonds is 10. The normalized spacial score (nSPS) is 9.84. The van der Waals surface area contributed by atoms with E-state index in [-0.39, 0.29) is 37.3 Å². The fraction of sp³-hybridized carbons (Fsp3) is 0.273. The maximum atomic E-state index is 12.4. The van der Waals surface area contributed by atoms with E-state index in [1.165, 1.54) is 0 Å². The SMILES string of the molecule is CCOC(=O)CCNC(=O)c1ccc(NC)c(NC(=O)CNc2ccc(C#N)cc2)c1. The number of esters is 1. The molecule has 4 N–H and O–H groups in total. The first-order valence-corrected chi connectivity index (χ1v) is 9.76. The second kappa shape index (κ2) is 11.8. The highest BCUT2D eigenvalue weighted by Crippen LogP contribution is 2.23. The van der Waals surface area contributed by atoms with Crippen LogP contribution in [0.2, 0.25) is 0 Å². The Balaban J connectivity index is 1.95. The van der Waals surface area contributed by atoms with Gasteiger partial charge in [0.25, 0.3) is 5.91 Å². The van der Waals surface area contributed by atoms with Crippen LogP contribution in [0.15, 0.2) is 42.5 Å². The molecule has 9 nitrogen and oxygen atoms in total. The molecule has 0 atom stereocenters. The molecular formula is C22H25N5O4. The van der Waals surface area contributed by atoms with Crippen LogP contribution < -0.4 is 21.3 Å². The second-order valence-corrected chi connectivity index (χ2v) is 6.41. The predicted octanol–water partition coefficient (Wildman–Crippen LogP) is 2.33. The van der Waals surface area contributed by atoms with E-state index in [2.05, 4.69) is 21.3 Å². The standard InChI is InChI=1S/C22H25N5O4/c1-3-31-21(29)10-11-25-22(30)16-6-9-18(24-2)19(12-16)27-20(28)14-26-17-7-4-15(13-23)5-8-17/h4-9,12,24,26H,3,10-11,14H2,1-2H3,(H,25,30)(H,27,28). The zero-order valence-corrected chi connectivity index (χ0v) is 17.5. The highest BCUT2D eigenvalue weighted by molar-refractivity contribution is 6.00. The number of nitriles is 1. The Hall–Kier alpha value is -4.06. The fourth-order valence-corrected chi connectivity index (χ4v) is 2.66. The molecular weight excluding hydrogens is 398 g/mol. The summed E-state index contributed by atoms with van der Waals surface area (Å²) in [5.74, 6) is -1.05. The number of benzene rings is 2. The number of nitrogens with one attached hydrogen (secondary N) is 4. The quantitative estimate of drug-likeness (QED) is 0.431. The van der Waals surface area contributed by atoms with Crippen molar-refractivity contribution in [1.82, 2.24) is 5.32 Å². The van der Waals surface area contributed by atoms with E-state index >= 15 is 0 Å². The summed E-state index contributed by atoms with van der Waals surface area (Å²) in [6.45, 7) is 2.17. The van der Waals surface area contributed by atoms with Gasteiger partial charge in [0, 0.05) is 24.8 Å². The van der Waals surface area contributed by atoms with E-state index in [4.69, 9.17) is 10.00 Å². The molecule has 0 unspecified atom stereocenters. The number of ether oxygens (including phenoxy) is 1. The Labute approximate surface area is 180 Å². The van der Waals surface area contributed by atoms with Gasteiger partial charge in [0.1, 0.15) is 0 Å². The smallest absolute Gasteiger partial charge is 0.307 e. The van der Waals surface area contributed by atoms with Crippen LogP contribution in [0, 0.1) is 11.3 Å². The minimum Gasteiger partial charge on any atom is -0.466 e. The zero-order valence-electron chi connectivity index (χ0n) is 17.5. The number of hydrogen-bond acceptors (Lipinski definition) is 7. The van der Waals surface area contributed by atoms with E-state index in [1.807, 2.05) is 6.07 Å². The topological polar surface area (TPSA) is 132 Å². The molecule has 0 bridgehead atoms. The number of nitrogens with zero attached hydrogens (tertiary/aromatic N) is 1. The molecule has 0 heterocycles. The number of amides is 2. The van der Waals surface area contributed by atoms with Gasteiger partial charge in [0.2, 0.25) is 5.91 Å². The molecule has 9 heteroatoms. The van der Waals surface area contributed by atoms with Gasteiger partial charge in [-0.1, -0.05) is 0 Å². The summed E-state index contributed by atoms with van der Waals surface area (Å²) >= 11 is 0. The van der Waals surface area contributed by atoms with Crippen LogP contribution in [0.1, 0.15) is 29.3 Å². The van der Waals surface area contributed by atoms with Gasteiger partial charge in [0.05, 0.1) is 42.6 Å². The summed E-state index contributed by atoms with van der Waals surface area (Å²) in [6.07, 6.45) is 0.0821. The minimum absolute atomic E-state index is 0.00498. The number of carbonyl (C=O) groups is 3. The first kappa shape index (κ1) is 23.2. The van der Waals surface area contributed by atoms with Gasteiger partial charge in [-0.05, 0) is 49.4 Å². The number of anilines is 3. The molecule has 0 aliphatic carbocycles. The van der Waals surface area contributed by atoms with Gasteiger partial charge in [-0.3, -0.25) is 14.4 Å². The Morgan fingerprint density at radius 2 is 1.81 bits per heavy atom. The Morgan fingerprint density at radius 3 is 2.45 bits per heavy atom. The molecule has 31 heavy (non-hydrogen) atoms. The van der Waals surface area contributed by atoms with Crippen LogP contribution in [-0.2, 0) is 14.3 Å². The third-order valence-corrected chi connectivity index (χ3v) is 4.21. The van der Waals surface area contributed by atoms with Crippen molar-refractivity contribution in [3.8, 4) is 6.07 Å². The molecule has 0 spiro atoms. The van der Waals surface area contributed by atoms with E-state index in [0.717, 1.165) is 0 Å². The van der Waals surface area contributed by atoms with Crippen LogP contribution in [-0.4, -0.2) is 44.5 Å². The number of carbonyl (C=O) groups excluding carboxylic acids is 3. The van der Waals surface area contributed by atoms with Crippen LogP contribution in [0.4, 0.5) is 17.1 Å². The molecule has 0 fully saturated rings. The zero-order chi connectivity index (χ0) is 22.6. The lowest BCUT2D eigenvalue weighted by Gasteiger charge is -2.14. The molecule has 0 saturated heterocycles. The summed E-state index contributed by atoms with van der Waals surface area (Å²) in [4.78, 5) is 36.1. The molecule has 0 aromatic heterocycles. The molecule has 2 rings (SSSR count). The van der Waals surface area contributed by atoms with Crippen molar-refractivity contribution < 1.29 is 19.1 Å². The van der Waals surface area contributed by atoms with Crippen LogP contribution in [0.5, 0.6) is 0 Å². The van der Waals surface area contributed by atoms with Crippen molar-refractivity contribution in [3.05, 3.63) is 53.6 Å². The van der Waals surface area contributed by atoms with Crippen LogP contribution >= 0.6 is 0 Å².